The first-order chi connectivity index (χ1) is 8.67. The molecule has 5 heteroatoms. The predicted molar refractivity (Wildman–Crippen MR) is 71.1 cm³/mol. The molecule has 0 saturated carbocycles. The van der Waals surface area contributed by atoms with Crippen LogP contribution < -0.4 is 15.4 Å². The summed E-state index contributed by atoms with van der Waals surface area (Å²) in [5.74, 6) is 0.00939. The third kappa shape index (κ3) is 4.63. The van der Waals surface area contributed by atoms with Gasteiger partial charge in [-0.15, -0.1) is 0 Å². The van der Waals surface area contributed by atoms with Crippen LogP contribution in [0.3, 0.4) is 0 Å². The fourth-order valence-corrected chi connectivity index (χ4v) is 1.68. The maximum atomic E-state index is 10.6. The minimum Gasteiger partial charge on any atom is -0.494 e. The van der Waals surface area contributed by atoms with Crippen LogP contribution >= 0.6 is 0 Å². The number of carbonyl (C=O) groups is 1. The molecule has 100 valence electrons. The number of hydrogen-bond donors (Lipinski definition) is 2. The van der Waals surface area contributed by atoms with Crippen molar-refractivity contribution in [1.82, 2.24) is 0 Å². The molecule has 3 N–H and O–H groups in total. The van der Waals surface area contributed by atoms with Gasteiger partial charge >= 0.3 is 5.97 Å². The Labute approximate surface area is 107 Å². The molecule has 0 aliphatic rings. The highest BCUT2D eigenvalue weighted by Gasteiger charge is 2.08. The van der Waals surface area contributed by atoms with E-state index in [1.807, 2.05) is 36.1 Å². The molecule has 0 heterocycles. The first-order valence-corrected chi connectivity index (χ1v) is 6.07. The van der Waals surface area contributed by atoms with Crippen LogP contribution in [0, 0.1) is 0 Å². The highest BCUT2D eigenvalue weighted by Crippen LogP contribution is 2.19. The number of carboxylic acids is 1. The summed E-state index contributed by atoms with van der Waals surface area (Å²) in [7, 11) is 0. The summed E-state index contributed by atoms with van der Waals surface area (Å²) < 4.78 is 5.36. The molecule has 0 radical (unpaired) electrons. The molecule has 0 unspecified atom stereocenters. The average Bonchev–Trinajstić information content (AvgIpc) is 2.36. The van der Waals surface area contributed by atoms with Crippen molar-refractivity contribution in [3.05, 3.63) is 24.3 Å². The van der Waals surface area contributed by atoms with Gasteiger partial charge in [-0.25, -0.2) is 0 Å². The van der Waals surface area contributed by atoms with Gasteiger partial charge in [-0.3, -0.25) is 4.79 Å². The van der Waals surface area contributed by atoms with E-state index in [4.69, 9.17) is 15.6 Å². The maximum Gasteiger partial charge on any atom is 0.305 e. The minimum atomic E-state index is -0.803. The Morgan fingerprint density at radius 2 is 2.00 bits per heavy atom. The van der Waals surface area contributed by atoms with Crippen LogP contribution in [-0.2, 0) is 4.79 Å². The quantitative estimate of drug-likeness (QED) is 0.730. The maximum absolute atomic E-state index is 10.6. The largest absolute Gasteiger partial charge is 0.494 e. The zero-order valence-electron chi connectivity index (χ0n) is 10.6. The van der Waals surface area contributed by atoms with E-state index in [0.717, 1.165) is 11.4 Å². The van der Waals surface area contributed by atoms with Gasteiger partial charge in [0, 0.05) is 25.3 Å². The first kappa shape index (κ1) is 14.3. The zero-order chi connectivity index (χ0) is 13.4. The van der Waals surface area contributed by atoms with Crippen molar-refractivity contribution in [3.63, 3.8) is 0 Å². The number of aliphatic carboxylic acids is 1. The molecule has 0 amide bonds. The van der Waals surface area contributed by atoms with Crippen molar-refractivity contribution >= 4 is 11.7 Å². The Balaban J connectivity index is 2.68. The number of benzene rings is 1. The molecule has 0 atom stereocenters. The number of carboxylic acid groups (broad SMARTS) is 1. The average molecular weight is 252 g/mol. The lowest BCUT2D eigenvalue weighted by Crippen LogP contribution is -2.31. The third-order valence-electron chi connectivity index (χ3n) is 2.51. The van der Waals surface area contributed by atoms with Crippen molar-refractivity contribution in [2.75, 3.05) is 31.1 Å². The number of hydrogen-bond acceptors (Lipinski definition) is 4. The van der Waals surface area contributed by atoms with Crippen LogP contribution in [0.25, 0.3) is 0 Å². The Kier molecular flexibility index (Phi) is 6.00. The monoisotopic (exact) mass is 252 g/mol. The van der Waals surface area contributed by atoms with Crippen LogP contribution in [0.4, 0.5) is 5.69 Å². The third-order valence-corrected chi connectivity index (χ3v) is 2.51. The highest BCUT2D eigenvalue weighted by atomic mass is 16.5. The van der Waals surface area contributed by atoms with Gasteiger partial charge < -0.3 is 20.5 Å². The molecule has 0 aromatic heterocycles. The standard InChI is InChI=1S/C13H20N2O3/c1-2-18-12-5-3-11(4-6-12)15(10-8-14)9-7-13(16)17/h3-6H,2,7-10,14H2,1H3,(H,16,17). The molecule has 0 saturated heterocycles. The molecule has 0 aliphatic carbocycles. The van der Waals surface area contributed by atoms with Crippen molar-refractivity contribution in [1.29, 1.82) is 0 Å². The summed E-state index contributed by atoms with van der Waals surface area (Å²) in [4.78, 5) is 12.6. The number of rotatable bonds is 8. The van der Waals surface area contributed by atoms with Crippen molar-refractivity contribution in [3.8, 4) is 5.75 Å². The Morgan fingerprint density at radius 3 is 2.50 bits per heavy atom. The number of nitrogens with two attached hydrogens (primary N) is 1. The van der Waals surface area contributed by atoms with Gasteiger partial charge in [-0.2, -0.15) is 0 Å². The van der Waals surface area contributed by atoms with E-state index in [1.54, 1.807) is 0 Å². The molecule has 0 aliphatic heterocycles. The lowest BCUT2D eigenvalue weighted by Gasteiger charge is -2.23. The second-order valence-electron chi connectivity index (χ2n) is 3.85. The zero-order valence-corrected chi connectivity index (χ0v) is 10.6. The molecule has 5 nitrogen and oxygen atoms in total. The normalized spacial score (nSPS) is 10.1. The van der Waals surface area contributed by atoms with Crippen LogP contribution in [-0.4, -0.2) is 37.3 Å². The summed E-state index contributed by atoms with van der Waals surface area (Å²) in [6.07, 6.45) is 0.104. The van der Waals surface area contributed by atoms with E-state index in [1.165, 1.54) is 0 Å². The SMILES string of the molecule is CCOc1ccc(N(CCN)CCC(=O)O)cc1. The Bertz CT molecular complexity index is 365. The van der Waals surface area contributed by atoms with Crippen LogP contribution in [0.2, 0.25) is 0 Å². The fraction of sp³-hybridized carbons (Fsp3) is 0.462. The molecular weight excluding hydrogens is 232 g/mol. The highest BCUT2D eigenvalue weighted by molar-refractivity contribution is 5.67. The van der Waals surface area contributed by atoms with E-state index >= 15 is 0 Å². The van der Waals surface area contributed by atoms with E-state index in [2.05, 4.69) is 0 Å². The minimum absolute atomic E-state index is 0.104. The molecule has 1 rings (SSSR count). The van der Waals surface area contributed by atoms with Gasteiger partial charge in [0.2, 0.25) is 0 Å². The van der Waals surface area contributed by atoms with Gasteiger partial charge in [0.05, 0.1) is 13.0 Å². The topological polar surface area (TPSA) is 75.8 Å². The van der Waals surface area contributed by atoms with Gasteiger partial charge in [0.1, 0.15) is 5.75 Å². The van der Waals surface area contributed by atoms with Crippen molar-refractivity contribution in [2.24, 2.45) is 5.73 Å². The smallest absolute Gasteiger partial charge is 0.305 e. The molecule has 0 fully saturated rings. The van der Waals surface area contributed by atoms with Crippen LogP contribution in [0.5, 0.6) is 5.75 Å². The van der Waals surface area contributed by atoms with Gasteiger partial charge in [-0.1, -0.05) is 0 Å². The first-order valence-electron chi connectivity index (χ1n) is 6.07. The molecule has 1 aromatic carbocycles. The molecule has 18 heavy (non-hydrogen) atoms. The van der Waals surface area contributed by atoms with Crippen LogP contribution in [0.1, 0.15) is 13.3 Å². The summed E-state index contributed by atoms with van der Waals surface area (Å²) >= 11 is 0. The summed E-state index contributed by atoms with van der Waals surface area (Å²) in [5.41, 5.74) is 6.50. The number of anilines is 1. The lowest BCUT2D eigenvalue weighted by atomic mass is 10.2. The second-order valence-corrected chi connectivity index (χ2v) is 3.85. The lowest BCUT2D eigenvalue weighted by molar-refractivity contribution is -0.136. The summed E-state index contributed by atoms with van der Waals surface area (Å²) in [6, 6.07) is 7.59. The number of ether oxygens (including phenoxy) is 1. The molecule has 0 spiro atoms. The molecular formula is C13H20N2O3. The predicted octanol–water partition coefficient (Wildman–Crippen LogP) is 1.33. The van der Waals surface area contributed by atoms with Crippen molar-refractivity contribution < 1.29 is 14.6 Å². The Hall–Kier alpha value is -1.75. The van der Waals surface area contributed by atoms with Gasteiger partial charge in [0.25, 0.3) is 0 Å². The second kappa shape index (κ2) is 7.55. The van der Waals surface area contributed by atoms with E-state index in [9.17, 15) is 4.79 Å². The fourth-order valence-electron chi connectivity index (χ4n) is 1.68. The summed E-state index contributed by atoms with van der Waals surface area (Å²) in [6.45, 7) is 4.15. The van der Waals surface area contributed by atoms with Gasteiger partial charge in [-0.05, 0) is 31.2 Å². The van der Waals surface area contributed by atoms with E-state index in [0.29, 0.717) is 26.2 Å². The summed E-state index contributed by atoms with van der Waals surface area (Å²) in [5, 5.41) is 8.71. The molecule has 1 aromatic rings. The van der Waals surface area contributed by atoms with E-state index < -0.39 is 5.97 Å². The number of nitrogens with zero attached hydrogens (tertiary/aromatic N) is 1. The van der Waals surface area contributed by atoms with Crippen LogP contribution in [0.15, 0.2) is 24.3 Å². The Morgan fingerprint density at radius 1 is 1.33 bits per heavy atom. The van der Waals surface area contributed by atoms with E-state index in [-0.39, 0.29) is 6.42 Å². The van der Waals surface area contributed by atoms with Gasteiger partial charge in [0.15, 0.2) is 0 Å². The molecule has 0 bridgehead atoms. The van der Waals surface area contributed by atoms with Crippen molar-refractivity contribution in [2.45, 2.75) is 13.3 Å².